The zero-order valence-electron chi connectivity index (χ0n) is 13.3. The molecule has 1 aromatic heterocycles. The van der Waals surface area contributed by atoms with Gasteiger partial charge in [0.15, 0.2) is 0 Å². The Balaban J connectivity index is 1.89. The summed E-state index contributed by atoms with van der Waals surface area (Å²) in [6.07, 6.45) is 7.84. The van der Waals surface area contributed by atoms with Gasteiger partial charge in [0.05, 0.1) is 15.7 Å². The summed E-state index contributed by atoms with van der Waals surface area (Å²) < 4.78 is 5.93. The van der Waals surface area contributed by atoms with Crippen LogP contribution in [0.1, 0.15) is 54.6 Å². The molecule has 2 fully saturated rings. The van der Waals surface area contributed by atoms with Gasteiger partial charge in [-0.1, -0.05) is 19.3 Å². The fraction of sp³-hybridized carbons (Fsp3) is 0.647. The molecule has 0 spiro atoms. The number of nitrogens with zero attached hydrogens (tertiary/aromatic N) is 1. The Morgan fingerprint density at radius 1 is 1.26 bits per heavy atom. The van der Waals surface area contributed by atoms with E-state index >= 15 is 0 Å². The standard InChI is InChI=1S/C17H22INO3S/c1-22-17(21)15-13(9-14(18)23-15)19(10-11-7-8-11)16(20)12-5-3-2-4-6-12/h9,11-12H,2-8,10H2,1H3. The maximum absolute atomic E-state index is 13.1. The number of amides is 1. The molecule has 4 nitrogen and oxygen atoms in total. The van der Waals surface area contributed by atoms with E-state index in [0.29, 0.717) is 10.8 Å². The van der Waals surface area contributed by atoms with Gasteiger partial charge in [0.1, 0.15) is 4.88 Å². The number of methoxy groups -OCH3 is 1. The quantitative estimate of drug-likeness (QED) is 0.495. The first-order valence-corrected chi connectivity index (χ1v) is 10.2. The molecule has 0 bridgehead atoms. The molecule has 3 rings (SSSR count). The van der Waals surface area contributed by atoms with Gasteiger partial charge in [-0.25, -0.2) is 4.79 Å². The molecule has 23 heavy (non-hydrogen) atoms. The largest absolute Gasteiger partial charge is 0.465 e. The van der Waals surface area contributed by atoms with E-state index in [1.807, 2.05) is 11.0 Å². The van der Waals surface area contributed by atoms with E-state index in [1.165, 1.54) is 37.7 Å². The van der Waals surface area contributed by atoms with E-state index in [4.69, 9.17) is 4.74 Å². The van der Waals surface area contributed by atoms with Crippen LogP contribution in [0.5, 0.6) is 0 Å². The van der Waals surface area contributed by atoms with Crippen molar-refractivity contribution in [1.29, 1.82) is 0 Å². The van der Waals surface area contributed by atoms with Gasteiger partial charge in [0, 0.05) is 12.5 Å². The first-order chi connectivity index (χ1) is 11.1. The Kier molecular flexibility index (Phi) is 5.61. The van der Waals surface area contributed by atoms with Crippen molar-refractivity contribution < 1.29 is 14.3 Å². The first kappa shape index (κ1) is 17.2. The van der Waals surface area contributed by atoms with Crippen molar-refractivity contribution in [1.82, 2.24) is 0 Å². The summed E-state index contributed by atoms with van der Waals surface area (Å²) in [7, 11) is 1.40. The lowest BCUT2D eigenvalue weighted by atomic mass is 9.88. The number of hydrogen-bond acceptors (Lipinski definition) is 4. The second kappa shape index (κ2) is 7.51. The molecular formula is C17H22INO3S. The summed E-state index contributed by atoms with van der Waals surface area (Å²) in [5.41, 5.74) is 0.758. The zero-order chi connectivity index (χ0) is 16.4. The smallest absolute Gasteiger partial charge is 0.350 e. The normalized spacial score (nSPS) is 18.7. The van der Waals surface area contributed by atoms with Crippen LogP contribution in [0.4, 0.5) is 5.69 Å². The maximum atomic E-state index is 13.1. The summed E-state index contributed by atoms with van der Waals surface area (Å²) in [4.78, 5) is 27.7. The van der Waals surface area contributed by atoms with Gasteiger partial charge < -0.3 is 9.64 Å². The number of ether oxygens (including phenoxy) is 1. The molecule has 2 saturated carbocycles. The molecule has 0 atom stereocenters. The number of halogens is 1. The van der Waals surface area contributed by atoms with Gasteiger partial charge in [-0.3, -0.25) is 4.79 Å². The molecule has 1 heterocycles. The van der Waals surface area contributed by atoms with Crippen molar-refractivity contribution >= 4 is 51.5 Å². The highest BCUT2D eigenvalue weighted by Gasteiger charge is 2.34. The number of hydrogen-bond donors (Lipinski definition) is 0. The Bertz CT molecular complexity index is 591. The van der Waals surface area contributed by atoms with E-state index in [0.717, 1.165) is 40.8 Å². The van der Waals surface area contributed by atoms with E-state index in [1.54, 1.807) is 0 Å². The van der Waals surface area contributed by atoms with Gasteiger partial charge in [0.2, 0.25) is 5.91 Å². The lowest BCUT2D eigenvalue weighted by molar-refractivity contribution is -0.123. The molecule has 1 amide bonds. The molecule has 0 saturated heterocycles. The third-order valence-electron chi connectivity index (χ3n) is 4.70. The second-order valence-electron chi connectivity index (χ2n) is 6.48. The molecular weight excluding hydrogens is 425 g/mol. The second-order valence-corrected chi connectivity index (χ2v) is 9.43. The van der Waals surface area contributed by atoms with Gasteiger partial charge in [-0.2, -0.15) is 0 Å². The highest BCUT2D eigenvalue weighted by atomic mass is 127. The van der Waals surface area contributed by atoms with E-state index in [9.17, 15) is 9.59 Å². The SMILES string of the molecule is COC(=O)c1sc(I)cc1N(CC1CC1)C(=O)C1CCCCC1. The van der Waals surface area contributed by atoms with Crippen molar-refractivity contribution in [2.45, 2.75) is 44.9 Å². The van der Waals surface area contributed by atoms with Crippen LogP contribution in [-0.2, 0) is 9.53 Å². The van der Waals surface area contributed by atoms with Crippen LogP contribution in [0.25, 0.3) is 0 Å². The lowest BCUT2D eigenvalue weighted by Gasteiger charge is -2.29. The van der Waals surface area contributed by atoms with Crippen LogP contribution in [0.15, 0.2) is 6.07 Å². The fourth-order valence-corrected chi connectivity index (χ4v) is 4.99. The van der Waals surface area contributed by atoms with Gasteiger partial charge in [-0.15, -0.1) is 11.3 Å². The van der Waals surface area contributed by atoms with Crippen LogP contribution in [0.3, 0.4) is 0 Å². The predicted octanol–water partition coefficient (Wildman–Crippen LogP) is 4.46. The minimum atomic E-state index is -0.342. The highest BCUT2D eigenvalue weighted by Crippen LogP contribution is 2.38. The van der Waals surface area contributed by atoms with Gasteiger partial charge >= 0.3 is 5.97 Å². The Morgan fingerprint density at radius 2 is 1.96 bits per heavy atom. The summed E-state index contributed by atoms with van der Waals surface area (Å²) in [5.74, 6) is 0.567. The van der Waals surface area contributed by atoms with Gasteiger partial charge in [0.25, 0.3) is 0 Å². The molecule has 0 N–H and O–H groups in total. The average molecular weight is 447 g/mol. The summed E-state index contributed by atoms with van der Waals surface area (Å²) in [6, 6.07) is 1.96. The zero-order valence-corrected chi connectivity index (χ0v) is 16.3. The van der Waals surface area contributed by atoms with Crippen LogP contribution < -0.4 is 4.90 Å². The van der Waals surface area contributed by atoms with E-state index < -0.39 is 0 Å². The molecule has 2 aliphatic carbocycles. The van der Waals surface area contributed by atoms with E-state index in [-0.39, 0.29) is 17.8 Å². The number of carbonyl (C=O) groups is 2. The first-order valence-electron chi connectivity index (χ1n) is 8.29. The number of esters is 1. The van der Waals surface area contributed by atoms with Crippen LogP contribution in [0, 0.1) is 14.7 Å². The number of thiophene rings is 1. The van der Waals surface area contributed by atoms with Crippen molar-refractivity contribution in [3.8, 4) is 0 Å². The Morgan fingerprint density at radius 3 is 2.57 bits per heavy atom. The Labute approximate surface area is 154 Å². The van der Waals surface area contributed by atoms with Crippen LogP contribution in [-0.4, -0.2) is 25.5 Å². The highest BCUT2D eigenvalue weighted by molar-refractivity contribution is 14.1. The molecule has 1 aromatic rings. The minimum Gasteiger partial charge on any atom is -0.465 e. The minimum absolute atomic E-state index is 0.116. The average Bonchev–Trinajstić information content (AvgIpc) is 3.32. The van der Waals surface area contributed by atoms with Crippen LogP contribution in [0.2, 0.25) is 0 Å². The summed E-state index contributed by atoms with van der Waals surface area (Å²) >= 11 is 3.61. The van der Waals surface area contributed by atoms with Crippen molar-refractivity contribution in [3.05, 3.63) is 13.8 Å². The van der Waals surface area contributed by atoms with E-state index in [2.05, 4.69) is 22.6 Å². The van der Waals surface area contributed by atoms with Crippen molar-refractivity contribution in [2.24, 2.45) is 11.8 Å². The number of rotatable bonds is 5. The topological polar surface area (TPSA) is 46.6 Å². The molecule has 0 aromatic carbocycles. The Hall–Kier alpha value is -0.630. The molecule has 0 radical (unpaired) electrons. The fourth-order valence-electron chi connectivity index (χ4n) is 3.23. The molecule has 0 unspecified atom stereocenters. The molecule has 126 valence electrons. The molecule has 2 aliphatic rings. The van der Waals surface area contributed by atoms with Crippen molar-refractivity contribution in [3.63, 3.8) is 0 Å². The van der Waals surface area contributed by atoms with Crippen molar-refractivity contribution in [2.75, 3.05) is 18.6 Å². The third-order valence-corrected chi connectivity index (χ3v) is 6.57. The lowest BCUT2D eigenvalue weighted by Crippen LogP contribution is -2.39. The monoisotopic (exact) mass is 447 g/mol. The van der Waals surface area contributed by atoms with Crippen LogP contribution >= 0.6 is 33.9 Å². The molecule has 0 aliphatic heterocycles. The predicted molar refractivity (Wildman–Crippen MR) is 100 cm³/mol. The van der Waals surface area contributed by atoms with Gasteiger partial charge in [-0.05, 0) is 60.3 Å². The summed E-state index contributed by atoms with van der Waals surface area (Å²) in [5, 5.41) is 0. The maximum Gasteiger partial charge on any atom is 0.350 e. The summed E-state index contributed by atoms with van der Waals surface area (Å²) in [6.45, 7) is 0.742. The number of anilines is 1. The third kappa shape index (κ3) is 4.07. The number of carbonyl (C=O) groups excluding carboxylic acids is 2. The molecule has 6 heteroatoms.